The fourth-order valence-corrected chi connectivity index (χ4v) is 3.75. The summed E-state index contributed by atoms with van der Waals surface area (Å²) in [5.74, 6) is 1.02. The first kappa shape index (κ1) is 17.2. The van der Waals surface area contributed by atoms with Gasteiger partial charge in [-0.2, -0.15) is 0 Å². The van der Waals surface area contributed by atoms with E-state index in [0.29, 0.717) is 25.2 Å². The van der Waals surface area contributed by atoms with Gasteiger partial charge in [0.25, 0.3) is 0 Å². The van der Waals surface area contributed by atoms with Crippen LogP contribution < -0.4 is 0 Å². The summed E-state index contributed by atoms with van der Waals surface area (Å²) in [5.41, 5.74) is 1.86. The van der Waals surface area contributed by atoms with E-state index in [1.807, 2.05) is 24.4 Å². The third-order valence-corrected chi connectivity index (χ3v) is 5.31. The van der Waals surface area contributed by atoms with E-state index in [0.717, 1.165) is 29.8 Å². The van der Waals surface area contributed by atoms with Crippen LogP contribution in [0, 0.1) is 0 Å². The SMILES string of the molecule is CC(C)n1cc([C@@]2(O)CCCN(Cc3nc4ccccc4n3C)C2)nn1. The van der Waals surface area contributed by atoms with Crippen molar-refractivity contribution < 1.29 is 5.11 Å². The number of nitrogens with zero attached hydrogens (tertiary/aromatic N) is 6. The number of aliphatic hydroxyl groups is 1. The number of likely N-dealkylation sites (tertiary alicyclic amines) is 1. The van der Waals surface area contributed by atoms with Gasteiger partial charge in [0.05, 0.1) is 23.8 Å². The van der Waals surface area contributed by atoms with Crippen LogP contribution in [0.3, 0.4) is 0 Å². The Bertz CT molecular complexity index is 914. The second-order valence-electron chi connectivity index (χ2n) is 7.60. The highest BCUT2D eigenvalue weighted by atomic mass is 16.3. The number of imidazole rings is 1. The van der Waals surface area contributed by atoms with Gasteiger partial charge in [0, 0.05) is 19.6 Å². The highest BCUT2D eigenvalue weighted by molar-refractivity contribution is 5.75. The van der Waals surface area contributed by atoms with Crippen molar-refractivity contribution in [2.75, 3.05) is 13.1 Å². The van der Waals surface area contributed by atoms with Crippen LogP contribution in [-0.4, -0.2) is 47.6 Å². The van der Waals surface area contributed by atoms with E-state index >= 15 is 0 Å². The summed E-state index contributed by atoms with van der Waals surface area (Å²) in [6.45, 7) is 6.32. The number of aryl methyl sites for hydroxylation is 1. The molecule has 7 nitrogen and oxygen atoms in total. The molecule has 0 amide bonds. The molecule has 0 radical (unpaired) electrons. The molecule has 0 spiro atoms. The maximum absolute atomic E-state index is 11.2. The van der Waals surface area contributed by atoms with Crippen LogP contribution in [0.25, 0.3) is 11.0 Å². The minimum atomic E-state index is -0.948. The van der Waals surface area contributed by atoms with Crippen LogP contribution in [0.1, 0.15) is 44.2 Å². The molecule has 1 fully saturated rings. The van der Waals surface area contributed by atoms with E-state index in [2.05, 4.69) is 46.7 Å². The van der Waals surface area contributed by atoms with Gasteiger partial charge in [0.15, 0.2) is 0 Å². The first-order valence-electron chi connectivity index (χ1n) is 9.24. The molecule has 3 aromatic rings. The molecule has 0 aliphatic carbocycles. The highest BCUT2D eigenvalue weighted by Gasteiger charge is 2.38. The van der Waals surface area contributed by atoms with Crippen molar-refractivity contribution in [3.05, 3.63) is 42.0 Å². The van der Waals surface area contributed by atoms with E-state index in [-0.39, 0.29) is 6.04 Å². The number of β-amino-alcohol motifs (C(OH)–C–C–N with tert-alkyl or cyclic N) is 1. The van der Waals surface area contributed by atoms with Gasteiger partial charge in [-0.15, -0.1) is 5.10 Å². The predicted octanol–water partition coefficient (Wildman–Crippen LogP) is 2.23. The third-order valence-electron chi connectivity index (χ3n) is 5.31. The van der Waals surface area contributed by atoms with Gasteiger partial charge in [-0.05, 0) is 45.4 Å². The molecular formula is C19H26N6O. The zero-order valence-corrected chi connectivity index (χ0v) is 15.6. The van der Waals surface area contributed by atoms with E-state index in [4.69, 9.17) is 4.98 Å². The Hall–Kier alpha value is -2.25. The average Bonchev–Trinajstić information content (AvgIpc) is 3.22. The van der Waals surface area contributed by atoms with Crippen molar-refractivity contribution in [1.82, 2.24) is 29.4 Å². The minimum Gasteiger partial charge on any atom is -0.382 e. The Kier molecular flexibility index (Phi) is 4.28. The molecule has 1 atom stereocenters. The van der Waals surface area contributed by atoms with Crippen molar-refractivity contribution in [2.24, 2.45) is 7.05 Å². The molecule has 0 saturated carbocycles. The monoisotopic (exact) mass is 354 g/mol. The quantitative estimate of drug-likeness (QED) is 0.778. The molecule has 4 rings (SSSR count). The van der Waals surface area contributed by atoms with Crippen LogP contribution >= 0.6 is 0 Å². The van der Waals surface area contributed by atoms with Crippen LogP contribution in [0.15, 0.2) is 30.5 Å². The van der Waals surface area contributed by atoms with Gasteiger partial charge in [-0.1, -0.05) is 17.3 Å². The van der Waals surface area contributed by atoms with Crippen LogP contribution in [0.5, 0.6) is 0 Å². The Morgan fingerprint density at radius 2 is 2.08 bits per heavy atom. The molecule has 2 aromatic heterocycles. The summed E-state index contributed by atoms with van der Waals surface area (Å²) in [7, 11) is 2.05. The van der Waals surface area contributed by atoms with Gasteiger partial charge >= 0.3 is 0 Å². The molecular weight excluding hydrogens is 328 g/mol. The fourth-order valence-electron chi connectivity index (χ4n) is 3.75. The van der Waals surface area contributed by atoms with Crippen molar-refractivity contribution in [3.8, 4) is 0 Å². The Morgan fingerprint density at radius 1 is 1.27 bits per heavy atom. The molecule has 7 heteroatoms. The van der Waals surface area contributed by atoms with Crippen molar-refractivity contribution in [2.45, 2.75) is 44.9 Å². The molecule has 0 bridgehead atoms. The lowest BCUT2D eigenvalue weighted by molar-refractivity contribution is -0.0422. The maximum Gasteiger partial charge on any atom is 0.123 e. The van der Waals surface area contributed by atoms with Crippen molar-refractivity contribution in [3.63, 3.8) is 0 Å². The summed E-state index contributed by atoms with van der Waals surface area (Å²) in [6.07, 6.45) is 3.51. The zero-order valence-electron chi connectivity index (χ0n) is 15.6. The van der Waals surface area contributed by atoms with E-state index in [1.54, 1.807) is 4.68 Å². The second-order valence-corrected chi connectivity index (χ2v) is 7.60. The molecule has 1 saturated heterocycles. The van der Waals surface area contributed by atoms with E-state index in [1.165, 1.54) is 0 Å². The Morgan fingerprint density at radius 3 is 2.81 bits per heavy atom. The molecule has 1 N–H and O–H groups in total. The highest BCUT2D eigenvalue weighted by Crippen LogP contribution is 2.31. The maximum atomic E-state index is 11.2. The van der Waals surface area contributed by atoms with Crippen LogP contribution in [-0.2, 0) is 19.2 Å². The van der Waals surface area contributed by atoms with E-state index in [9.17, 15) is 5.11 Å². The third kappa shape index (κ3) is 3.01. The first-order valence-corrected chi connectivity index (χ1v) is 9.24. The molecule has 0 unspecified atom stereocenters. The number of aromatic nitrogens is 5. The van der Waals surface area contributed by atoms with Crippen LogP contribution in [0.4, 0.5) is 0 Å². The van der Waals surface area contributed by atoms with Gasteiger partial charge in [0.1, 0.15) is 17.1 Å². The summed E-state index contributed by atoms with van der Waals surface area (Å²) in [4.78, 5) is 7.02. The summed E-state index contributed by atoms with van der Waals surface area (Å²) in [6, 6.07) is 8.40. The molecule has 138 valence electrons. The lowest BCUT2D eigenvalue weighted by Crippen LogP contribution is -2.46. The fraction of sp³-hybridized carbons (Fsp3) is 0.526. The number of fused-ring (bicyclic) bond motifs is 1. The predicted molar refractivity (Wildman–Crippen MR) is 99.5 cm³/mol. The second kappa shape index (κ2) is 6.48. The molecule has 1 aromatic carbocycles. The normalized spacial score (nSPS) is 21.7. The number of hydrogen-bond acceptors (Lipinski definition) is 5. The summed E-state index contributed by atoms with van der Waals surface area (Å²) in [5, 5.41) is 19.6. The Balaban J connectivity index is 1.55. The lowest BCUT2D eigenvalue weighted by atomic mass is 9.90. The zero-order chi connectivity index (χ0) is 18.3. The molecule has 3 heterocycles. The summed E-state index contributed by atoms with van der Waals surface area (Å²) < 4.78 is 3.94. The Labute approximate surface area is 153 Å². The largest absolute Gasteiger partial charge is 0.382 e. The number of benzene rings is 1. The first-order chi connectivity index (χ1) is 12.5. The van der Waals surface area contributed by atoms with Gasteiger partial charge in [-0.25, -0.2) is 9.67 Å². The lowest BCUT2D eigenvalue weighted by Gasteiger charge is -2.37. The summed E-state index contributed by atoms with van der Waals surface area (Å²) >= 11 is 0. The molecule has 1 aliphatic rings. The smallest absolute Gasteiger partial charge is 0.123 e. The minimum absolute atomic E-state index is 0.236. The molecule has 1 aliphatic heterocycles. The number of para-hydroxylation sites is 2. The van der Waals surface area contributed by atoms with Crippen LogP contribution in [0.2, 0.25) is 0 Å². The van der Waals surface area contributed by atoms with Gasteiger partial charge in [-0.3, -0.25) is 4.90 Å². The standard InChI is InChI=1S/C19H26N6O/c1-14(2)25-11-17(21-22-25)19(26)9-6-10-24(13-19)12-18-20-15-7-4-5-8-16(15)23(18)3/h4-5,7-8,11,14,26H,6,9-10,12-13H2,1-3H3/t19-/m1/s1. The van der Waals surface area contributed by atoms with Gasteiger partial charge in [0.2, 0.25) is 0 Å². The molecule has 26 heavy (non-hydrogen) atoms. The number of hydrogen-bond donors (Lipinski definition) is 1. The van der Waals surface area contributed by atoms with Crippen molar-refractivity contribution >= 4 is 11.0 Å². The number of piperidine rings is 1. The number of rotatable bonds is 4. The van der Waals surface area contributed by atoms with Crippen molar-refractivity contribution in [1.29, 1.82) is 0 Å². The topological polar surface area (TPSA) is 72.0 Å². The van der Waals surface area contributed by atoms with E-state index < -0.39 is 5.60 Å². The average molecular weight is 354 g/mol. The van der Waals surface area contributed by atoms with Gasteiger partial charge < -0.3 is 9.67 Å².